The highest BCUT2D eigenvalue weighted by Gasteiger charge is 2.51. The minimum atomic E-state index is -1.95. The van der Waals surface area contributed by atoms with Gasteiger partial charge in [-0.3, -0.25) is 4.79 Å². The van der Waals surface area contributed by atoms with Gasteiger partial charge >= 0.3 is 11.9 Å². The van der Waals surface area contributed by atoms with Crippen LogP contribution < -0.4 is 10.2 Å². The number of hydrogen-bond acceptors (Lipinski definition) is 15. The van der Waals surface area contributed by atoms with E-state index in [1.54, 1.807) is 0 Å². The van der Waals surface area contributed by atoms with Crippen molar-refractivity contribution in [3.63, 3.8) is 0 Å². The molecule has 1 aliphatic rings. The number of fused-ring (bicyclic) bond motifs is 1. The second kappa shape index (κ2) is 15.8. The van der Waals surface area contributed by atoms with Crippen molar-refractivity contribution in [3.8, 4) is 45.8 Å². The van der Waals surface area contributed by atoms with Crippen molar-refractivity contribution in [2.24, 2.45) is 0 Å². The van der Waals surface area contributed by atoms with Gasteiger partial charge in [-0.25, -0.2) is 9.59 Å². The molecule has 15 heteroatoms. The van der Waals surface area contributed by atoms with E-state index in [2.05, 4.69) is 0 Å². The summed E-state index contributed by atoms with van der Waals surface area (Å²) in [5, 5.41) is 71.1. The smallest absolute Gasteiger partial charge is 0.331 e. The van der Waals surface area contributed by atoms with E-state index >= 15 is 0 Å². The first-order chi connectivity index (χ1) is 25.9. The Balaban J connectivity index is 1.37. The van der Waals surface area contributed by atoms with Gasteiger partial charge in [0.2, 0.25) is 17.5 Å². The summed E-state index contributed by atoms with van der Waals surface area (Å²) in [7, 11) is 0. The van der Waals surface area contributed by atoms with Crippen LogP contribution in [0.25, 0.3) is 34.4 Å². The van der Waals surface area contributed by atoms with Gasteiger partial charge in [-0.2, -0.15) is 0 Å². The second-order valence-electron chi connectivity index (χ2n) is 12.0. The fourth-order valence-corrected chi connectivity index (χ4v) is 5.55. The largest absolute Gasteiger partial charge is 0.508 e. The Morgan fingerprint density at radius 2 is 1.22 bits per heavy atom. The van der Waals surface area contributed by atoms with Crippen LogP contribution >= 0.6 is 0 Å². The number of aliphatic hydroxyl groups is 2. The molecule has 0 unspecified atom stereocenters. The Hall–Kier alpha value is -6.81. The number of phenols is 5. The van der Waals surface area contributed by atoms with Gasteiger partial charge in [0, 0.05) is 29.8 Å². The lowest BCUT2D eigenvalue weighted by Gasteiger charge is -2.42. The number of esters is 2. The standard InChI is InChI=1S/C39H32O15/c40-19-29-36(52-30(46)15-5-20-1-9-23(41)10-2-20)34(49)38(53-31(47)16-6-21-3-11-24(42)12-4-21)39(51-29)54-37-33(48)32-27(45)17-26(44)18-28(32)50-35(37)22-7-13-25(43)14-8-22/h1-18,29,34,36,38-45,49H,19H2/t29-,34+,36-,38-,39+/m1/s1. The summed E-state index contributed by atoms with van der Waals surface area (Å²) >= 11 is 0. The molecule has 1 aliphatic heterocycles. The highest BCUT2D eigenvalue weighted by Crippen LogP contribution is 2.38. The van der Waals surface area contributed by atoms with Crippen molar-refractivity contribution in [3.05, 3.63) is 118 Å². The molecule has 4 aromatic carbocycles. The number of aliphatic hydroxyl groups excluding tert-OH is 2. The van der Waals surface area contributed by atoms with Crippen LogP contribution in [0.15, 0.2) is 106 Å². The van der Waals surface area contributed by atoms with Gasteiger partial charge < -0.3 is 59.1 Å². The topological polar surface area (TPSA) is 243 Å². The van der Waals surface area contributed by atoms with E-state index < -0.39 is 77.3 Å². The molecule has 7 N–H and O–H groups in total. The van der Waals surface area contributed by atoms with E-state index in [0.717, 1.165) is 24.3 Å². The summed E-state index contributed by atoms with van der Waals surface area (Å²) in [5.74, 6) is -4.20. The number of rotatable bonds is 10. The molecule has 0 radical (unpaired) electrons. The van der Waals surface area contributed by atoms with Crippen LogP contribution in [0.2, 0.25) is 0 Å². The molecule has 0 spiro atoms. The first-order valence-electron chi connectivity index (χ1n) is 16.2. The molecule has 54 heavy (non-hydrogen) atoms. The lowest BCUT2D eigenvalue weighted by molar-refractivity contribution is -0.284. The Bertz CT molecular complexity index is 2260. The van der Waals surface area contributed by atoms with Crippen LogP contribution in [0, 0.1) is 0 Å². The molecule has 5 aromatic rings. The Morgan fingerprint density at radius 1 is 0.704 bits per heavy atom. The maximum Gasteiger partial charge on any atom is 0.331 e. The lowest BCUT2D eigenvalue weighted by Crippen LogP contribution is -2.62. The third-order valence-electron chi connectivity index (χ3n) is 8.19. The number of carbonyl (C=O) groups is 2. The molecule has 6 rings (SSSR count). The third kappa shape index (κ3) is 8.29. The molecule has 0 saturated carbocycles. The third-order valence-corrected chi connectivity index (χ3v) is 8.19. The van der Waals surface area contributed by atoms with Crippen molar-refractivity contribution >= 4 is 35.1 Å². The highest BCUT2D eigenvalue weighted by molar-refractivity contribution is 5.89. The van der Waals surface area contributed by atoms with E-state index in [1.165, 1.54) is 84.9 Å². The molecule has 0 amide bonds. The Morgan fingerprint density at radius 3 is 1.76 bits per heavy atom. The van der Waals surface area contributed by atoms with Crippen LogP contribution in [0.1, 0.15) is 11.1 Å². The van der Waals surface area contributed by atoms with E-state index in [0.29, 0.717) is 11.1 Å². The maximum absolute atomic E-state index is 14.0. The SMILES string of the molecule is O=C(C=Cc1ccc(O)cc1)O[C@H]1[C@H](Oc2c(-c3ccc(O)cc3)oc3cc(O)cc(O)c3c2=O)O[C@H](CO)[C@@H](OC(=O)C=Cc2ccc(O)cc2)[C@@H]1O. The fraction of sp³-hybridized carbons (Fsp3) is 0.154. The van der Waals surface area contributed by atoms with Crippen LogP contribution in [-0.4, -0.2) is 85.0 Å². The van der Waals surface area contributed by atoms with Crippen LogP contribution in [0.4, 0.5) is 0 Å². The molecule has 0 aliphatic carbocycles. The van der Waals surface area contributed by atoms with E-state index in [9.17, 15) is 50.1 Å². The fourth-order valence-electron chi connectivity index (χ4n) is 5.55. The quantitative estimate of drug-likeness (QED) is 0.0798. The average molecular weight is 741 g/mol. The van der Waals surface area contributed by atoms with Gasteiger partial charge in [-0.05, 0) is 71.8 Å². The minimum Gasteiger partial charge on any atom is -0.508 e. The summed E-state index contributed by atoms with van der Waals surface area (Å²) in [6.45, 7) is -0.866. The zero-order valence-electron chi connectivity index (χ0n) is 27.9. The van der Waals surface area contributed by atoms with Crippen LogP contribution in [0.5, 0.6) is 34.5 Å². The molecule has 1 saturated heterocycles. The van der Waals surface area contributed by atoms with E-state index in [1.807, 2.05) is 0 Å². The number of ether oxygens (including phenoxy) is 4. The van der Waals surface area contributed by atoms with Gasteiger partial charge in [0.15, 0.2) is 18.0 Å². The molecule has 1 fully saturated rings. The van der Waals surface area contributed by atoms with E-state index in [-0.39, 0.29) is 34.2 Å². The van der Waals surface area contributed by atoms with Crippen LogP contribution in [-0.2, 0) is 23.8 Å². The minimum absolute atomic E-state index is 0.00556. The molecule has 5 atom stereocenters. The number of aromatic hydroxyl groups is 5. The second-order valence-corrected chi connectivity index (χ2v) is 12.0. The molecule has 15 nitrogen and oxygen atoms in total. The molecule has 1 aromatic heterocycles. The summed E-state index contributed by atoms with van der Waals surface area (Å²) in [6, 6.07) is 18.9. The van der Waals surface area contributed by atoms with Gasteiger partial charge in [0.1, 0.15) is 51.9 Å². The molecular formula is C39H32O15. The summed E-state index contributed by atoms with van der Waals surface area (Å²) in [5.41, 5.74) is -0.0633. The zero-order valence-corrected chi connectivity index (χ0v) is 27.9. The maximum atomic E-state index is 14.0. The number of carbonyl (C=O) groups excluding carboxylic acids is 2. The summed E-state index contributed by atoms with van der Waals surface area (Å²) < 4.78 is 28.9. The first kappa shape index (κ1) is 37.0. The molecule has 278 valence electrons. The average Bonchev–Trinajstić information content (AvgIpc) is 3.14. The molecule has 2 heterocycles. The highest BCUT2D eigenvalue weighted by atomic mass is 16.7. The van der Waals surface area contributed by atoms with Crippen LogP contribution in [0.3, 0.4) is 0 Å². The zero-order chi connectivity index (χ0) is 38.5. The first-order valence-corrected chi connectivity index (χ1v) is 16.2. The van der Waals surface area contributed by atoms with Crippen molar-refractivity contribution in [2.45, 2.75) is 30.7 Å². The molecule has 0 bridgehead atoms. The number of benzene rings is 4. The lowest BCUT2D eigenvalue weighted by atomic mass is 9.98. The summed E-state index contributed by atoms with van der Waals surface area (Å²) in [6.07, 6.45) is -4.18. The van der Waals surface area contributed by atoms with Gasteiger partial charge in [-0.1, -0.05) is 24.3 Å². The van der Waals surface area contributed by atoms with Gasteiger partial charge in [-0.15, -0.1) is 0 Å². The number of phenolic OH excluding ortho intramolecular Hbond substituents is 5. The Kier molecular flexibility index (Phi) is 10.8. The van der Waals surface area contributed by atoms with Crippen molar-refractivity contribution < 1.29 is 68.7 Å². The van der Waals surface area contributed by atoms with E-state index in [4.69, 9.17) is 23.4 Å². The summed E-state index contributed by atoms with van der Waals surface area (Å²) in [4.78, 5) is 40.1. The van der Waals surface area contributed by atoms with Gasteiger partial charge in [0.25, 0.3) is 0 Å². The molecular weight excluding hydrogens is 708 g/mol. The predicted molar refractivity (Wildman–Crippen MR) is 189 cm³/mol. The predicted octanol–water partition coefficient (Wildman–Crippen LogP) is 3.70. The van der Waals surface area contributed by atoms with Gasteiger partial charge in [0.05, 0.1) is 6.61 Å². The van der Waals surface area contributed by atoms with Crippen molar-refractivity contribution in [1.29, 1.82) is 0 Å². The Labute approximate surface area is 305 Å². The normalized spacial score (nSPS) is 19.9. The van der Waals surface area contributed by atoms with Crippen molar-refractivity contribution in [2.75, 3.05) is 6.61 Å². The number of hydrogen-bond donors (Lipinski definition) is 7. The monoisotopic (exact) mass is 740 g/mol. The van der Waals surface area contributed by atoms with Crippen molar-refractivity contribution in [1.82, 2.24) is 0 Å².